The molecule has 0 heterocycles. The number of nitrogens with two attached hydrogens (primary N) is 1. The van der Waals surface area contributed by atoms with Crippen LogP contribution in [0.15, 0.2) is 42.5 Å². The maximum atomic E-state index is 13.3. The number of carbonyl (C=O) groups is 1. The number of benzene rings is 2. The number of anilines is 1. The van der Waals surface area contributed by atoms with E-state index >= 15 is 0 Å². The summed E-state index contributed by atoms with van der Waals surface area (Å²) in [5.41, 5.74) is 6.55. The van der Waals surface area contributed by atoms with Crippen molar-refractivity contribution in [2.45, 2.75) is 13.0 Å². The van der Waals surface area contributed by atoms with Gasteiger partial charge in [-0.2, -0.15) is 0 Å². The van der Waals surface area contributed by atoms with Gasteiger partial charge in [0.05, 0.1) is 11.7 Å². The van der Waals surface area contributed by atoms with Crippen LogP contribution in [0.3, 0.4) is 0 Å². The van der Waals surface area contributed by atoms with Gasteiger partial charge in [0.1, 0.15) is 5.82 Å². The third kappa shape index (κ3) is 3.27. The van der Waals surface area contributed by atoms with Gasteiger partial charge in [0.2, 0.25) is 0 Å². The predicted molar refractivity (Wildman–Crippen MR) is 78.1 cm³/mol. The van der Waals surface area contributed by atoms with E-state index in [0.717, 1.165) is 11.6 Å². The van der Waals surface area contributed by atoms with Crippen LogP contribution in [0.1, 0.15) is 28.9 Å². The summed E-state index contributed by atoms with van der Waals surface area (Å²) in [4.78, 5) is 12.0. The first-order valence-corrected chi connectivity index (χ1v) is 6.46. The van der Waals surface area contributed by atoms with E-state index in [4.69, 9.17) is 17.3 Å². The molecule has 1 amide bonds. The maximum absolute atomic E-state index is 13.3. The maximum Gasteiger partial charge on any atom is 0.251 e. The Kier molecular flexibility index (Phi) is 4.25. The minimum atomic E-state index is -0.600. The lowest BCUT2D eigenvalue weighted by atomic mass is 10.1. The molecule has 0 radical (unpaired) electrons. The lowest BCUT2D eigenvalue weighted by Crippen LogP contribution is -2.26. The van der Waals surface area contributed by atoms with Crippen LogP contribution in [-0.2, 0) is 0 Å². The second-order valence-corrected chi connectivity index (χ2v) is 4.92. The van der Waals surface area contributed by atoms with Crippen LogP contribution in [-0.4, -0.2) is 5.91 Å². The molecule has 1 atom stereocenters. The van der Waals surface area contributed by atoms with E-state index in [9.17, 15) is 9.18 Å². The number of amides is 1. The third-order valence-corrected chi connectivity index (χ3v) is 3.23. The number of carbonyl (C=O) groups excluding carboxylic acids is 1. The second kappa shape index (κ2) is 5.92. The van der Waals surface area contributed by atoms with Crippen LogP contribution >= 0.6 is 11.6 Å². The highest BCUT2D eigenvalue weighted by atomic mass is 35.5. The van der Waals surface area contributed by atoms with E-state index in [2.05, 4.69) is 5.32 Å². The Labute approximate surface area is 121 Å². The van der Waals surface area contributed by atoms with Crippen LogP contribution in [0.25, 0.3) is 0 Å². The Hall–Kier alpha value is -2.07. The van der Waals surface area contributed by atoms with Crippen molar-refractivity contribution in [3.8, 4) is 0 Å². The summed E-state index contributed by atoms with van der Waals surface area (Å²) >= 11 is 5.81. The lowest BCUT2D eigenvalue weighted by molar-refractivity contribution is 0.0939. The molecule has 3 nitrogen and oxygen atoms in total. The smallest absolute Gasteiger partial charge is 0.251 e. The van der Waals surface area contributed by atoms with Crippen LogP contribution in [0.5, 0.6) is 0 Å². The van der Waals surface area contributed by atoms with Crippen LogP contribution in [0, 0.1) is 5.82 Å². The minimum Gasteiger partial charge on any atom is -0.396 e. The first-order chi connectivity index (χ1) is 9.47. The molecule has 104 valence electrons. The van der Waals surface area contributed by atoms with E-state index in [1.54, 1.807) is 12.1 Å². The van der Waals surface area contributed by atoms with Crippen LogP contribution < -0.4 is 11.1 Å². The largest absolute Gasteiger partial charge is 0.396 e. The highest BCUT2D eigenvalue weighted by Gasteiger charge is 2.12. The number of halogens is 2. The van der Waals surface area contributed by atoms with Gasteiger partial charge in [-0.25, -0.2) is 4.39 Å². The van der Waals surface area contributed by atoms with Crippen molar-refractivity contribution in [2.24, 2.45) is 0 Å². The zero-order chi connectivity index (χ0) is 14.7. The van der Waals surface area contributed by atoms with Crippen LogP contribution in [0.4, 0.5) is 10.1 Å². The molecule has 20 heavy (non-hydrogen) atoms. The first kappa shape index (κ1) is 14.3. The van der Waals surface area contributed by atoms with Gasteiger partial charge >= 0.3 is 0 Å². The van der Waals surface area contributed by atoms with Gasteiger partial charge in [-0.05, 0) is 42.8 Å². The van der Waals surface area contributed by atoms with Crippen LogP contribution in [0.2, 0.25) is 5.02 Å². The Bertz CT molecular complexity index is 628. The average Bonchev–Trinajstić information content (AvgIpc) is 2.42. The zero-order valence-electron chi connectivity index (χ0n) is 10.9. The minimum absolute atomic E-state index is 0.0206. The van der Waals surface area contributed by atoms with E-state index in [0.29, 0.717) is 5.02 Å². The van der Waals surface area contributed by atoms with Gasteiger partial charge in [0.25, 0.3) is 5.91 Å². The van der Waals surface area contributed by atoms with Crippen molar-refractivity contribution in [2.75, 3.05) is 5.73 Å². The summed E-state index contributed by atoms with van der Waals surface area (Å²) in [6.07, 6.45) is 0. The molecule has 3 N–H and O–H groups in total. The van der Waals surface area contributed by atoms with Gasteiger partial charge in [-0.15, -0.1) is 0 Å². The quantitative estimate of drug-likeness (QED) is 0.850. The summed E-state index contributed by atoms with van der Waals surface area (Å²) in [5.74, 6) is -0.955. The molecule has 5 heteroatoms. The second-order valence-electron chi connectivity index (χ2n) is 4.48. The first-order valence-electron chi connectivity index (χ1n) is 6.08. The molecule has 0 saturated heterocycles. The molecule has 0 unspecified atom stereocenters. The Balaban J connectivity index is 2.10. The predicted octanol–water partition coefficient (Wildman–Crippen LogP) is 3.55. The molecular formula is C15H14ClFN2O. The monoisotopic (exact) mass is 292 g/mol. The molecular weight excluding hydrogens is 279 g/mol. The molecule has 2 aromatic carbocycles. The van der Waals surface area contributed by atoms with Gasteiger partial charge in [-0.3, -0.25) is 4.79 Å². The summed E-state index contributed by atoms with van der Waals surface area (Å²) in [6, 6.07) is 10.9. The number of nitrogen functional groups attached to an aromatic ring is 1. The molecule has 0 aromatic heterocycles. The number of nitrogens with one attached hydrogen (secondary N) is 1. The third-order valence-electron chi connectivity index (χ3n) is 2.98. The summed E-state index contributed by atoms with van der Waals surface area (Å²) in [5, 5.41) is 3.42. The highest BCUT2D eigenvalue weighted by molar-refractivity contribution is 6.30. The molecule has 2 rings (SSSR count). The van der Waals surface area contributed by atoms with Gasteiger partial charge in [0.15, 0.2) is 0 Å². The van der Waals surface area contributed by atoms with E-state index in [1.807, 2.05) is 19.1 Å². The van der Waals surface area contributed by atoms with Gasteiger partial charge in [-0.1, -0.05) is 23.7 Å². The Morgan fingerprint density at radius 2 is 1.90 bits per heavy atom. The fraction of sp³-hybridized carbons (Fsp3) is 0.133. The van der Waals surface area contributed by atoms with Crippen molar-refractivity contribution >= 4 is 23.2 Å². The summed E-state index contributed by atoms with van der Waals surface area (Å²) in [7, 11) is 0. The fourth-order valence-electron chi connectivity index (χ4n) is 1.78. The molecule has 2 aromatic rings. The fourth-order valence-corrected chi connectivity index (χ4v) is 1.91. The van der Waals surface area contributed by atoms with Crippen molar-refractivity contribution in [1.82, 2.24) is 5.32 Å². The van der Waals surface area contributed by atoms with E-state index in [1.165, 1.54) is 12.1 Å². The number of rotatable bonds is 3. The average molecular weight is 293 g/mol. The molecule has 0 fully saturated rings. The lowest BCUT2D eigenvalue weighted by Gasteiger charge is -2.14. The molecule has 0 aliphatic heterocycles. The van der Waals surface area contributed by atoms with E-state index < -0.39 is 5.82 Å². The molecule has 0 aliphatic rings. The highest BCUT2D eigenvalue weighted by Crippen LogP contribution is 2.17. The summed E-state index contributed by atoms with van der Waals surface area (Å²) < 4.78 is 13.3. The standard InChI is InChI=1S/C15H14ClFN2O/c1-9(10-2-5-12(16)6-3-10)19-15(20)11-4-7-14(18)13(17)8-11/h2-9H,18H2,1H3,(H,19,20)/t9-/m1/s1. The summed E-state index contributed by atoms with van der Waals surface area (Å²) in [6.45, 7) is 1.84. The van der Waals surface area contributed by atoms with Gasteiger partial charge < -0.3 is 11.1 Å². The Morgan fingerprint density at radius 3 is 2.50 bits per heavy atom. The SMILES string of the molecule is C[C@@H](NC(=O)c1ccc(N)c(F)c1)c1ccc(Cl)cc1. The molecule has 0 aliphatic carbocycles. The Morgan fingerprint density at radius 1 is 1.25 bits per heavy atom. The van der Waals surface area contributed by atoms with Crippen molar-refractivity contribution < 1.29 is 9.18 Å². The van der Waals surface area contributed by atoms with Gasteiger partial charge in [0, 0.05) is 10.6 Å². The topological polar surface area (TPSA) is 55.1 Å². The number of hydrogen-bond donors (Lipinski definition) is 2. The molecule has 0 bridgehead atoms. The van der Waals surface area contributed by atoms with Crippen molar-refractivity contribution in [3.05, 3.63) is 64.4 Å². The van der Waals surface area contributed by atoms with E-state index in [-0.39, 0.29) is 23.2 Å². The van der Waals surface area contributed by atoms with Crippen molar-refractivity contribution in [3.63, 3.8) is 0 Å². The zero-order valence-corrected chi connectivity index (χ0v) is 11.6. The molecule has 0 spiro atoms. The number of hydrogen-bond acceptors (Lipinski definition) is 2. The normalized spacial score (nSPS) is 11.9. The van der Waals surface area contributed by atoms with Crippen molar-refractivity contribution in [1.29, 1.82) is 0 Å². The molecule has 0 saturated carbocycles.